The predicted octanol–water partition coefficient (Wildman–Crippen LogP) is 4.43. The number of ether oxygens (including phenoxy) is 1. The molecule has 0 unspecified atom stereocenters. The smallest absolute Gasteiger partial charge is 0.438 e. The van der Waals surface area contributed by atoms with Gasteiger partial charge in [0.05, 0.1) is 17.1 Å². The maximum absolute atomic E-state index is 12.7. The van der Waals surface area contributed by atoms with Gasteiger partial charge in [-0.1, -0.05) is 12.8 Å². The minimum absolute atomic E-state index is 0.0740. The van der Waals surface area contributed by atoms with Gasteiger partial charge in [-0.05, 0) is 54.4 Å². The van der Waals surface area contributed by atoms with Crippen LogP contribution in [0.1, 0.15) is 67.2 Å². The lowest BCUT2D eigenvalue weighted by Gasteiger charge is -2.30. The van der Waals surface area contributed by atoms with E-state index in [9.17, 15) is 9.36 Å². The van der Waals surface area contributed by atoms with Crippen LogP contribution in [-0.4, -0.2) is 24.0 Å². The maximum Gasteiger partial charge on any atom is 0.478 e. The molecule has 0 spiro atoms. The number of phosphoric acid groups is 1. The van der Waals surface area contributed by atoms with Crippen LogP contribution in [0, 0.1) is 5.92 Å². The van der Waals surface area contributed by atoms with Gasteiger partial charge in [0.2, 0.25) is 6.79 Å². The molecule has 6 nitrogen and oxygen atoms in total. The SMILES string of the molecule is CC(C)(C)OP(=O)(OCOC(=O)C1CCCC1)OC(C)(C)C. The molecular formula is C15H29O6P. The fraction of sp³-hybridized carbons (Fsp3) is 0.933. The summed E-state index contributed by atoms with van der Waals surface area (Å²) in [6.07, 6.45) is 3.76. The van der Waals surface area contributed by atoms with Gasteiger partial charge < -0.3 is 4.74 Å². The molecule has 130 valence electrons. The Morgan fingerprint density at radius 1 is 1.00 bits per heavy atom. The highest BCUT2D eigenvalue weighted by atomic mass is 31.2. The topological polar surface area (TPSA) is 71.1 Å². The van der Waals surface area contributed by atoms with Gasteiger partial charge in [0.1, 0.15) is 0 Å². The Bertz CT molecular complexity index is 395. The minimum atomic E-state index is -3.83. The molecule has 1 fully saturated rings. The molecule has 0 amide bonds. The lowest BCUT2D eigenvalue weighted by atomic mass is 10.1. The summed E-state index contributed by atoms with van der Waals surface area (Å²) in [4.78, 5) is 11.8. The molecule has 0 aromatic heterocycles. The van der Waals surface area contributed by atoms with Gasteiger partial charge in [-0.25, -0.2) is 9.09 Å². The molecule has 0 aliphatic heterocycles. The molecule has 0 heterocycles. The summed E-state index contributed by atoms with van der Waals surface area (Å²) in [5, 5.41) is 0. The van der Waals surface area contributed by atoms with Gasteiger partial charge in [-0.2, -0.15) is 0 Å². The van der Waals surface area contributed by atoms with Crippen LogP contribution in [0.3, 0.4) is 0 Å². The van der Waals surface area contributed by atoms with Crippen molar-refractivity contribution >= 4 is 13.8 Å². The van der Waals surface area contributed by atoms with E-state index >= 15 is 0 Å². The van der Waals surface area contributed by atoms with Crippen molar-refractivity contribution in [2.24, 2.45) is 5.92 Å². The molecule has 0 radical (unpaired) electrons. The average Bonchev–Trinajstić information content (AvgIpc) is 2.75. The fourth-order valence-corrected chi connectivity index (χ4v) is 3.84. The van der Waals surface area contributed by atoms with Gasteiger partial charge in [-0.3, -0.25) is 13.8 Å². The zero-order valence-corrected chi connectivity index (χ0v) is 15.4. The van der Waals surface area contributed by atoms with E-state index in [1.807, 2.05) is 0 Å². The molecule has 0 bridgehead atoms. The summed E-state index contributed by atoms with van der Waals surface area (Å²) < 4.78 is 33.8. The van der Waals surface area contributed by atoms with E-state index in [1.165, 1.54) is 0 Å². The van der Waals surface area contributed by atoms with Crippen LogP contribution < -0.4 is 0 Å². The minimum Gasteiger partial charge on any atom is -0.438 e. The largest absolute Gasteiger partial charge is 0.478 e. The van der Waals surface area contributed by atoms with E-state index in [4.69, 9.17) is 18.3 Å². The van der Waals surface area contributed by atoms with Crippen LogP contribution in [0.5, 0.6) is 0 Å². The van der Waals surface area contributed by atoms with Crippen molar-refractivity contribution in [3.05, 3.63) is 0 Å². The number of rotatable bonds is 6. The molecule has 1 saturated carbocycles. The second-order valence-electron chi connectivity index (χ2n) is 7.55. The highest BCUT2D eigenvalue weighted by molar-refractivity contribution is 7.48. The summed E-state index contributed by atoms with van der Waals surface area (Å²) in [5.74, 6) is -0.384. The Kier molecular flexibility index (Phi) is 6.63. The van der Waals surface area contributed by atoms with Crippen molar-refractivity contribution in [1.29, 1.82) is 0 Å². The molecule has 1 aliphatic carbocycles. The summed E-state index contributed by atoms with van der Waals surface area (Å²) >= 11 is 0. The first kappa shape index (κ1) is 19.6. The summed E-state index contributed by atoms with van der Waals surface area (Å²) in [7, 11) is -3.83. The zero-order chi connectivity index (χ0) is 17.0. The molecule has 0 aromatic carbocycles. The highest BCUT2D eigenvalue weighted by Crippen LogP contribution is 2.55. The molecule has 0 aromatic rings. The lowest BCUT2D eigenvalue weighted by Crippen LogP contribution is -2.25. The number of hydrogen-bond donors (Lipinski definition) is 0. The van der Waals surface area contributed by atoms with E-state index in [2.05, 4.69) is 0 Å². The molecule has 22 heavy (non-hydrogen) atoms. The molecule has 1 rings (SSSR count). The van der Waals surface area contributed by atoms with Crippen molar-refractivity contribution in [3.63, 3.8) is 0 Å². The van der Waals surface area contributed by atoms with Gasteiger partial charge in [0.25, 0.3) is 0 Å². The Morgan fingerprint density at radius 3 is 1.86 bits per heavy atom. The number of carbonyl (C=O) groups excluding carboxylic acids is 1. The monoisotopic (exact) mass is 336 g/mol. The highest BCUT2D eigenvalue weighted by Gasteiger charge is 2.37. The quantitative estimate of drug-likeness (QED) is 0.406. The first-order chi connectivity index (χ1) is 9.90. The van der Waals surface area contributed by atoms with E-state index < -0.39 is 25.8 Å². The summed E-state index contributed by atoms with van der Waals surface area (Å²) in [6, 6.07) is 0. The number of phosphoric ester groups is 1. The molecule has 0 atom stereocenters. The van der Waals surface area contributed by atoms with E-state index in [0.29, 0.717) is 0 Å². The van der Waals surface area contributed by atoms with Crippen LogP contribution in [-0.2, 0) is 27.7 Å². The van der Waals surface area contributed by atoms with Crippen LogP contribution in [0.25, 0.3) is 0 Å². The number of esters is 1. The van der Waals surface area contributed by atoms with Crippen LogP contribution in [0.15, 0.2) is 0 Å². The average molecular weight is 336 g/mol. The van der Waals surface area contributed by atoms with Crippen LogP contribution in [0.2, 0.25) is 0 Å². The van der Waals surface area contributed by atoms with E-state index in [-0.39, 0.29) is 11.9 Å². The first-order valence-electron chi connectivity index (χ1n) is 7.73. The van der Waals surface area contributed by atoms with Gasteiger partial charge >= 0.3 is 13.8 Å². The first-order valence-corrected chi connectivity index (χ1v) is 9.19. The van der Waals surface area contributed by atoms with Crippen LogP contribution in [0.4, 0.5) is 0 Å². The van der Waals surface area contributed by atoms with Gasteiger partial charge in [-0.15, -0.1) is 0 Å². The van der Waals surface area contributed by atoms with Crippen molar-refractivity contribution in [2.45, 2.75) is 78.4 Å². The standard InChI is InChI=1S/C15H29O6P/c1-14(2,3)20-22(17,21-15(4,5)6)19-11-18-13(16)12-9-7-8-10-12/h12H,7-11H2,1-6H3. The molecule has 0 saturated heterocycles. The molecule has 0 N–H and O–H groups in total. The Balaban J connectivity index is 2.57. The fourth-order valence-electron chi connectivity index (χ4n) is 2.17. The van der Waals surface area contributed by atoms with Gasteiger partial charge in [0, 0.05) is 0 Å². The van der Waals surface area contributed by atoms with Crippen molar-refractivity contribution < 1.29 is 27.7 Å². The number of carbonyl (C=O) groups is 1. The summed E-state index contributed by atoms with van der Waals surface area (Å²) in [5.41, 5.74) is -1.42. The third-order valence-electron chi connectivity index (χ3n) is 2.87. The molecule has 7 heteroatoms. The second-order valence-corrected chi connectivity index (χ2v) is 9.06. The summed E-state index contributed by atoms with van der Waals surface area (Å²) in [6.45, 7) is 10.1. The second kappa shape index (κ2) is 7.43. The lowest BCUT2D eigenvalue weighted by molar-refractivity contribution is -0.156. The normalized spacial score (nSPS) is 17.7. The Morgan fingerprint density at radius 2 is 1.45 bits per heavy atom. The van der Waals surface area contributed by atoms with E-state index in [0.717, 1.165) is 25.7 Å². The van der Waals surface area contributed by atoms with Crippen molar-refractivity contribution in [2.75, 3.05) is 6.79 Å². The Labute approximate surface area is 133 Å². The van der Waals surface area contributed by atoms with Crippen LogP contribution >= 0.6 is 7.82 Å². The number of hydrogen-bond acceptors (Lipinski definition) is 6. The van der Waals surface area contributed by atoms with Crippen molar-refractivity contribution in [3.8, 4) is 0 Å². The predicted molar refractivity (Wildman–Crippen MR) is 83.3 cm³/mol. The third-order valence-corrected chi connectivity index (χ3v) is 4.84. The Hall–Kier alpha value is -0.420. The van der Waals surface area contributed by atoms with Gasteiger partial charge in [0.15, 0.2) is 0 Å². The maximum atomic E-state index is 12.7. The zero-order valence-electron chi connectivity index (χ0n) is 14.5. The molecule has 1 aliphatic rings. The van der Waals surface area contributed by atoms with Crippen molar-refractivity contribution in [1.82, 2.24) is 0 Å². The van der Waals surface area contributed by atoms with E-state index in [1.54, 1.807) is 41.5 Å². The molecular weight excluding hydrogens is 307 g/mol. The third kappa shape index (κ3) is 7.73.